The molecule has 2 rings (SSSR count). The summed E-state index contributed by atoms with van der Waals surface area (Å²) in [5, 5.41) is 7.88. The maximum atomic E-state index is 12.0. The van der Waals surface area contributed by atoms with Gasteiger partial charge in [-0.2, -0.15) is 0 Å². The van der Waals surface area contributed by atoms with Gasteiger partial charge in [0.05, 0.1) is 13.7 Å². The first-order valence-corrected chi connectivity index (χ1v) is 7.02. The second kappa shape index (κ2) is 7.01. The molecule has 1 saturated heterocycles. The quantitative estimate of drug-likeness (QED) is 0.771. The first kappa shape index (κ1) is 15.2. The molecule has 1 aromatic rings. The molecule has 0 spiro atoms. The zero-order valence-electron chi connectivity index (χ0n) is 12.2. The topological polar surface area (TPSA) is 81.6 Å². The first-order valence-electron chi connectivity index (χ1n) is 7.02. The van der Waals surface area contributed by atoms with E-state index in [1.165, 1.54) is 7.11 Å². The molecule has 2 heterocycles. The van der Waals surface area contributed by atoms with Crippen LogP contribution in [0.15, 0.2) is 12.1 Å². The standard InChI is InChI=1S/C14H19N3O4/c1-3-21-14(19)11-6-4-5-9-17(11)12-8-7-10(15-16-12)13(18)20-2/h7-8,11H,3-6,9H2,1-2H3. The number of carbonyl (C=O) groups excluding carboxylic acids is 2. The van der Waals surface area contributed by atoms with Crippen LogP contribution in [0.5, 0.6) is 0 Å². The lowest BCUT2D eigenvalue weighted by Gasteiger charge is -2.34. The van der Waals surface area contributed by atoms with Crippen molar-refractivity contribution in [2.24, 2.45) is 0 Å². The molecular weight excluding hydrogens is 274 g/mol. The summed E-state index contributed by atoms with van der Waals surface area (Å²) < 4.78 is 9.69. The van der Waals surface area contributed by atoms with Crippen molar-refractivity contribution in [3.63, 3.8) is 0 Å². The van der Waals surface area contributed by atoms with Gasteiger partial charge in [0, 0.05) is 6.54 Å². The van der Waals surface area contributed by atoms with E-state index in [1.807, 2.05) is 4.90 Å². The molecule has 1 fully saturated rings. The Morgan fingerprint density at radius 3 is 2.76 bits per heavy atom. The van der Waals surface area contributed by atoms with Crippen LogP contribution < -0.4 is 4.90 Å². The number of carbonyl (C=O) groups is 2. The Balaban J connectivity index is 2.17. The summed E-state index contributed by atoms with van der Waals surface area (Å²) in [4.78, 5) is 25.2. The lowest BCUT2D eigenvalue weighted by atomic mass is 10.0. The first-order chi connectivity index (χ1) is 10.2. The van der Waals surface area contributed by atoms with Gasteiger partial charge in [-0.15, -0.1) is 10.2 Å². The van der Waals surface area contributed by atoms with E-state index in [-0.39, 0.29) is 17.7 Å². The molecule has 0 saturated carbocycles. The molecule has 21 heavy (non-hydrogen) atoms. The summed E-state index contributed by atoms with van der Waals surface area (Å²) >= 11 is 0. The van der Waals surface area contributed by atoms with Crippen molar-refractivity contribution in [1.29, 1.82) is 0 Å². The van der Waals surface area contributed by atoms with Gasteiger partial charge < -0.3 is 14.4 Å². The van der Waals surface area contributed by atoms with E-state index in [2.05, 4.69) is 14.9 Å². The molecule has 1 atom stereocenters. The molecule has 114 valence electrons. The Kier molecular flexibility index (Phi) is 5.08. The highest BCUT2D eigenvalue weighted by molar-refractivity contribution is 5.87. The van der Waals surface area contributed by atoms with Gasteiger partial charge >= 0.3 is 11.9 Å². The Bertz CT molecular complexity index is 503. The molecule has 0 N–H and O–H groups in total. The predicted molar refractivity (Wildman–Crippen MR) is 75.0 cm³/mol. The maximum Gasteiger partial charge on any atom is 0.358 e. The van der Waals surface area contributed by atoms with E-state index in [0.29, 0.717) is 12.4 Å². The SMILES string of the molecule is CCOC(=O)C1CCCCN1c1ccc(C(=O)OC)nn1. The summed E-state index contributed by atoms with van der Waals surface area (Å²) in [7, 11) is 1.29. The normalized spacial score (nSPS) is 18.2. The van der Waals surface area contributed by atoms with Crippen molar-refractivity contribution in [3.05, 3.63) is 17.8 Å². The van der Waals surface area contributed by atoms with Gasteiger partial charge in [-0.05, 0) is 38.3 Å². The van der Waals surface area contributed by atoms with Crippen molar-refractivity contribution in [3.8, 4) is 0 Å². The van der Waals surface area contributed by atoms with Crippen molar-refractivity contribution in [1.82, 2.24) is 10.2 Å². The van der Waals surface area contributed by atoms with Crippen molar-refractivity contribution in [2.45, 2.75) is 32.2 Å². The zero-order valence-corrected chi connectivity index (χ0v) is 12.2. The number of rotatable bonds is 4. The smallest absolute Gasteiger partial charge is 0.358 e. The lowest BCUT2D eigenvalue weighted by molar-refractivity contribution is -0.145. The maximum absolute atomic E-state index is 12.0. The van der Waals surface area contributed by atoms with Gasteiger partial charge in [0.15, 0.2) is 11.5 Å². The highest BCUT2D eigenvalue weighted by Gasteiger charge is 2.31. The third kappa shape index (κ3) is 3.48. The molecule has 0 aliphatic carbocycles. The minimum atomic E-state index is -0.533. The summed E-state index contributed by atoms with van der Waals surface area (Å²) in [5.41, 5.74) is 0.144. The van der Waals surface area contributed by atoms with Crippen LogP contribution in [-0.4, -0.2) is 48.4 Å². The Morgan fingerprint density at radius 1 is 1.33 bits per heavy atom. The van der Waals surface area contributed by atoms with Crippen LogP contribution in [0.2, 0.25) is 0 Å². The van der Waals surface area contributed by atoms with Gasteiger partial charge in [-0.25, -0.2) is 9.59 Å². The summed E-state index contributed by atoms with van der Waals surface area (Å²) in [6.45, 7) is 2.86. The van der Waals surface area contributed by atoms with Crippen molar-refractivity contribution >= 4 is 17.8 Å². The third-order valence-corrected chi connectivity index (χ3v) is 3.40. The number of anilines is 1. The number of hydrogen-bond donors (Lipinski definition) is 0. The van der Waals surface area contributed by atoms with Gasteiger partial charge in [0.25, 0.3) is 0 Å². The Hall–Kier alpha value is -2.18. The van der Waals surface area contributed by atoms with Crippen LogP contribution >= 0.6 is 0 Å². The van der Waals surface area contributed by atoms with E-state index >= 15 is 0 Å². The largest absolute Gasteiger partial charge is 0.464 e. The predicted octanol–water partition coefficient (Wildman–Crippen LogP) is 1.19. The Labute approximate surface area is 123 Å². The number of esters is 2. The number of piperidine rings is 1. The second-order valence-electron chi connectivity index (χ2n) is 4.73. The second-order valence-corrected chi connectivity index (χ2v) is 4.73. The monoisotopic (exact) mass is 293 g/mol. The fourth-order valence-electron chi connectivity index (χ4n) is 2.38. The van der Waals surface area contributed by atoms with Crippen molar-refractivity contribution < 1.29 is 19.1 Å². The van der Waals surface area contributed by atoms with E-state index in [1.54, 1.807) is 19.1 Å². The van der Waals surface area contributed by atoms with Crippen LogP contribution in [0, 0.1) is 0 Å². The minimum Gasteiger partial charge on any atom is -0.464 e. The number of aromatic nitrogens is 2. The van der Waals surface area contributed by atoms with Crippen LogP contribution in [0.1, 0.15) is 36.7 Å². The molecule has 0 bridgehead atoms. The molecule has 0 amide bonds. The Morgan fingerprint density at radius 2 is 2.14 bits per heavy atom. The zero-order chi connectivity index (χ0) is 15.2. The van der Waals surface area contributed by atoms with Crippen LogP contribution in [0.3, 0.4) is 0 Å². The summed E-state index contributed by atoms with van der Waals surface area (Å²) in [6.07, 6.45) is 2.70. The lowest BCUT2D eigenvalue weighted by Crippen LogP contribution is -2.46. The van der Waals surface area contributed by atoms with Gasteiger partial charge in [0.2, 0.25) is 0 Å². The van der Waals surface area contributed by atoms with E-state index < -0.39 is 5.97 Å². The number of ether oxygens (including phenoxy) is 2. The molecule has 0 radical (unpaired) electrons. The van der Waals surface area contributed by atoms with Crippen LogP contribution in [-0.2, 0) is 14.3 Å². The van der Waals surface area contributed by atoms with Crippen LogP contribution in [0.4, 0.5) is 5.82 Å². The molecule has 1 unspecified atom stereocenters. The van der Waals surface area contributed by atoms with Crippen molar-refractivity contribution in [2.75, 3.05) is 25.2 Å². The third-order valence-electron chi connectivity index (χ3n) is 3.40. The fraction of sp³-hybridized carbons (Fsp3) is 0.571. The van der Waals surface area contributed by atoms with Gasteiger partial charge in [0.1, 0.15) is 6.04 Å². The van der Waals surface area contributed by atoms with Gasteiger partial charge in [-0.3, -0.25) is 0 Å². The molecule has 0 aromatic carbocycles. The average Bonchev–Trinajstić information content (AvgIpc) is 2.54. The molecule has 7 nitrogen and oxygen atoms in total. The molecule has 7 heteroatoms. The number of nitrogens with zero attached hydrogens (tertiary/aromatic N) is 3. The molecule has 1 aliphatic heterocycles. The van der Waals surface area contributed by atoms with E-state index in [0.717, 1.165) is 25.8 Å². The average molecular weight is 293 g/mol. The molecule has 1 aromatic heterocycles. The number of hydrogen-bond acceptors (Lipinski definition) is 7. The highest BCUT2D eigenvalue weighted by Crippen LogP contribution is 2.23. The van der Waals surface area contributed by atoms with E-state index in [4.69, 9.17) is 4.74 Å². The van der Waals surface area contributed by atoms with E-state index in [9.17, 15) is 9.59 Å². The molecular formula is C14H19N3O4. The molecule has 1 aliphatic rings. The summed E-state index contributed by atoms with van der Waals surface area (Å²) in [5.74, 6) is -0.203. The highest BCUT2D eigenvalue weighted by atomic mass is 16.5. The summed E-state index contributed by atoms with van der Waals surface area (Å²) in [6, 6.07) is 2.89. The van der Waals surface area contributed by atoms with Crippen LogP contribution in [0.25, 0.3) is 0 Å². The fourth-order valence-corrected chi connectivity index (χ4v) is 2.38. The minimum absolute atomic E-state index is 0.144. The van der Waals surface area contributed by atoms with Gasteiger partial charge in [-0.1, -0.05) is 0 Å². The number of methoxy groups -OCH3 is 1.